The molecule has 2 unspecified atom stereocenters. The lowest BCUT2D eigenvalue weighted by molar-refractivity contribution is 0.0707. The van der Waals surface area contributed by atoms with E-state index in [1.165, 1.54) is 24.3 Å². The number of likely N-dealkylation sites (N-methyl/N-ethyl adjacent to an activating group) is 1. The summed E-state index contributed by atoms with van der Waals surface area (Å²) in [5.74, 6) is -0.433. The molecule has 2 rings (SSSR count). The molecule has 1 aliphatic heterocycles. The van der Waals surface area contributed by atoms with Crippen LogP contribution in [-0.4, -0.2) is 74.9 Å². The first kappa shape index (κ1) is 19.3. The number of rotatable bonds is 6. The van der Waals surface area contributed by atoms with Crippen molar-refractivity contribution >= 4 is 10.0 Å². The molecule has 0 amide bonds. The van der Waals surface area contributed by atoms with Crippen LogP contribution in [0.1, 0.15) is 19.4 Å². The van der Waals surface area contributed by atoms with Crippen molar-refractivity contribution in [3.63, 3.8) is 0 Å². The van der Waals surface area contributed by atoms with Gasteiger partial charge in [0.25, 0.3) is 0 Å². The molecule has 1 aromatic carbocycles. The summed E-state index contributed by atoms with van der Waals surface area (Å²) >= 11 is 0. The Morgan fingerprint density at radius 3 is 2.17 bits per heavy atom. The lowest BCUT2D eigenvalue weighted by atomic mass is 10.1. The highest BCUT2D eigenvalue weighted by Crippen LogP contribution is 2.20. The molecule has 0 N–H and O–H groups in total. The lowest BCUT2D eigenvalue weighted by Gasteiger charge is -2.44. The van der Waals surface area contributed by atoms with Crippen molar-refractivity contribution in [2.75, 3.05) is 40.3 Å². The third-order valence-corrected chi connectivity index (χ3v) is 6.31. The van der Waals surface area contributed by atoms with Crippen molar-refractivity contribution in [2.24, 2.45) is 0 Å². The summed E-state index contributed by atoms with van der Waals surface area (Å²) in [6.45, 7) is 7.04. The second-order valence-electron chi connectivity index (χ2n) is 6.94. The minimum absolute atomic E-state index is 0.0790. The number of hydrogen-bond donors (Lipinski definition) is 0. The van der Waals surface area contributed by atoms with Crippen LogP contribution in [0.5, 0.6) is 0 Å². The third kappa shape index (κ3) is 4.99. The highest BCUT2D eigenvalue weighted by atomic mass is 32.2. The van der Waals surface area contributed by atoms with E-state index in [9.17, 15) is 12.8 Å². The third-order valence-electron chi connectivity index (χ3n) is 4.53. The molecule has 1 aromatic rings. The van der Waals surface area contributed by atoms with Gasteiger partial charge in [0, 0.05) is 38.3 Å². The van der Waals surface area contributed by atoms with Crippen molar-refractivity contribution in [1.82, 2.24) is 14.1 Å². The zero-order valence-corrected chi connectivity index (χ0v) is 15.8. The van der Waals surface area contributed by atoms with Crippen LogP contribution in [0.2, 0.25) is 0 Å². The van der Waals surface area contributed by atoms with Gasteiger partial charge in [0.05, 0.1) is 5.75 Å². The van der Waals surface area contributed by atoms with E-state index >= 15 is 0 Å². The van der Waals surface area contributed by atoms with Gasteiger partial charge in [-0.2, -0.15) is 4.31 Å². The van der Waals surface area contributed by atoms with Gasteiger partial charge < -0.3 is 4.90 Å². The Bertz CT molecular complexity index is 622. The summed E-state index contributed by atoms with van der Waals surface area (Å²) in [4.78, 5) is 4.50. The first-order chi connectivity index (χ1) is 11.2. The monoisotopic (exact) mass is 357 g/mol. The standard InChI is InChI=1S/C17H28FN3O2S/c1-14-11-20(12-15(2)21(14)10-9-19(3)4)24(22,23)13-16-5-7-17(18)8-6-16/h5-8,14-15H,9-13H2,1-4H3. The molecule has 0 bridgehead atoms. The van der Waals surface area contributed by atoms with Gasteiger partial charge in [-0.15, -0.1) is 0 Å². The number of halogens is 1. The second-order valence-corrected chi connectivity index (χ2v) is 8.91. The molecule has 0 aromatic heterocycles. The molecule has 0 spiro atoms. The summed E-state index contributed by atoms with van der Waals surface area (Å²) < 4.78 is 40.0. The highest BCUT2D eigenvalue weighted by Gasteiger charge is 2.35. The maximum Gasteiger partial charge on any atom is 0.218 e. The van der Waals surface area contributed by atoms with Gasteiger partial charge in [0.1, 0.15) is 5.82 Å². The minimum atomic E-state index is -3.40. The summed E-state index contributed by atoms with van der Waals surface area (Å²) in [6.07, 6.45) is 0. The van der Waals surface area contributed by atoms with Crippen LogP contribution in [0.25, 0.3) is 0 Å². The molecule has 0 radical (unpaired) electrons. The molecule has 7 heteroatoms. The summed E-state index contributed by atoms with van der Waals surface area (Å²) in [6, 6.07) is 6.03. The summed E-state index contributed by atoms with van der Waals surface area (Å²) in [5, 5.41) is 0. The van der Waals surface area contributed by atoms with Crippen LogP contribution in [0.3, 0.4) is 0 Å². The molecule has 24 heavy (non-hydrogen) atoms. The number of piperazine rings is 1. The first-order valence-corrected chi connectivity index (χ1v) is 9.92. The van der Waals surface area contributed by atoms with Gasteiger partial charge in [-0.25, -0.2) is 12.8 Å². The number of sulfonamides is 1. The van der Waals surface area contributed by atoms with E-state index in [1.54, 1.807) is 4.31 Å². The molecule has 0 saturated carbocycles. The predicted octanol–water partition coefficient (Wildman–Crippen LogP) is 1.61. The van der Waals surface area contributed by atoms with Gasteiger partial charge in [0.15, 0.2) is 0 Å². The van der Waals surface area contributed by atoms with E-state index < -0.39 is 10.0 Å². The van der Waals surface area contributed by atoms with Crippen LogP contribution in [-0.2, 0) is 15.8 Å². The fourth-order valence-electron chi connectivity index (χ4n) is 3.17. The summed E-state index contributed by atoms with van der Waals surface area (Å²) in [7, 11) is 0.685. The Morgan fingerprint density at radius 1 is 1.12 bits per heavy atom. The van der Waals surface area contributed by atoms with Crippen molar-refractivity contribution in [2.45, 2.75) is 31.7 Å². The molecule has 1 heterocycles. The van der Waals surface area contributed by atoms with Crippen LogP contribution in [0, 0.1) is 5.82 Å². The quantitative estimate of drug-likeness (QED) is 0.776. The number of hydrogen-bond acceptors (Lipinski definition) is 4. The van der Waals surface area contributed by atoms with Crippen molar-refractivity contribution in [3.05, 3.63) is 35.6 Å². The Hall–Kier alpha value is -1.02. The molecule has 0 aliphatic carbocycles. The molecule has 1 saturated heterocycles. The van der Waals surface area contributed by atoms with Crippen molar-refractivity contribution in [3.8, 4) is 0 Å². The SMILES string of the molecule is CC1CN(S(=O)(=O)Cc2ccc(F)cc2)CC(C)N1CCN(C)C. The van der Waals surface area contributed by atoms with E-state index in [0.29, 0.717) is 18.7 Å². The van der Waals surface area contributed by atoms with E-state index in [0.717, 1.165) is 13.1 Å². The van der Waals surface area contributed by atoms with Gasteiger partial charge in [-0.1, -0.05) is 12.1 Å². The molecule has 2 atom stereocenters. The zero-order valence-electron chi connectivity index (χ0n) is 14.9. The minimum Gasteiger partial charge on any atom is -0.308 e. The van der Waals surface area contributed by atoms with Gasteiger partial charge in [-0.3, -0.25) is 4.90 Å². The van der Waals surface area contributed by atoms with Crippen molar-refractivity contribution < 1.29 is 12.8 Å². The average Bonchev–Trinajstić information content (AvgIpc) is 2.48. The fourth-order valence-corrected chi connectivity index (χ4v) is 4.86. The fraction of sp³-hybridized carbons (Fsp3) is 0.647. The molecular formula is C17H28FN3O2S. The van der Waals surface area contributed by atoms with Crippen LogP contribution >= 0.6 is 0 Å². The first-order valence-electron chi connectivity index (χ1n) is 8.32. The smallest absolute Gasteiger partial charge is 0.218 e. The van der Waals surface area contributed by atoms with E-state index in [4.69, 9.17) is 0 Å². The normalized spacial score (nSPS) is 23.8. The second kappa shape index (κ2) is 7.91. The number of benzene rings is 1. The van der Waals surface area contributed by atoms with Crippen LogP contribution in [0.15, 0.2) is 24.3 Å². The molecule has 1 fully saturated rings. The topological polar surface area (TPSA) is 43.9 Å². The average molecular weight is 357 g/mol. The number of nitrogens with zero attached hydrogens (tertiary/aromatic N) is 3. The molecular weight excluding hydrogens is 329 g/mol. The maximum absolute atomic E-state index is 13.0. The van der Waals surface area contributed by atoms with Gasteiger partial charge in [-0.05, 0) is 45.6 Å². The Labute approximate surface area is 145 Å². The molecule has 5 nitrogen and oxygen atoms in total. The van der Waals surface area contributed by atoms with Gasteiger partial charge >= 0.3 is 0 Å². The zero-order chi connectivity index (χ0) is 17.9. The largest absolute Gasteiger partial charge is 0.308 e. The predicted molar refractivity (Wildman–Crippen MR) is 94.8 cm³/mol. The summed E-state index contributed by atoms with van der Waals surface area (Å²) in [5.41, 5.74) is 0.617. The van der Waals surface area contributed by atoms with E-state index in [1.807, 2.05) is 14.1 Å². The Morgan fingerprint density at radius 2 is 1.67 bits per heavy atom. The van der Waals surface area contributed by atoms with E-state index in [2.05, 4.69) is 23.6 Å². The van der Waals surface area contributed by atoms with Crippen LogP contribution < -0.4 is 0 Å². The highest BCUT2D eigenvalue weighted by molar-refractivity contribution is 7.88. The molecule has 136 valence electrons. The lowest BCUT2D eigenvalue weighted by Crippen LogP contribution is -2.59. The Balaban J connectivity index is 2.03. The van der Waals surface area contributed by atoms with Gasteiger partial charge in [0.2, 0.25) is 10.0 Å². The molecule has 1 aliphatic rings. The van der Waals surface area contributed by atoms with Crippen molar-refractivity contribution in [1.29, 1.82) is 0 Å². The maximum atomic E-state index is 13.0. The van der Waals surface area contributed by atoms with E-state index in [-0.39, 0.29) is 23.7 Å². The van der Waals surface area contributed by atoms with Crippen LogP contribution in [0.4, 0.5) is 4.39 Å². The Kier molecular flexibility index (Phi) is 6.36.